The third-order valence-electron chi connectivity index (χ3n) is 21.5. The second-order valence-electron chi connectivity index (χ2n) is 27.1. The van der Waals surface area contributed by atoms with Gasteiger partial charge in [-0.3, -0.25) is 0 Å². The molecular formula is C96H58N4S2. The topological polar surface area (TPSA) is 19.7 Å². The fourth-order valence-electron chi connectivity index (χ4n) is 17.0. The zero-order valence-corrected chi connectivity index (χ0v) is 56.7. The van der Waals surface area contributed by atoms with Crippen LogP contribution in [-0.4, -0.2) is 18.3 Å². The molecule has 474 valence electrons. The van der Waals surface area contributed by atoms with E-state index >= 15 is 0 Å². The van der Waals surface area contributed by atoms with Gasteiger partial charge in [-0.05, 0) is 183 Å². The highest BCUT2D eigenvalue weighted by atomic mass is 32.1. The number of aromatic nitrogens is 4. The van der Waals surface area contributed by atoms with Crippen LogP contribution < -0.4 is 0 Å². The van der Waals surface area contributed by atoms with Crippen LogP contribution in [0.4, 0.5) is 0 Å². The minimum atomic E-state index is 1.11. The van der Waals surface area contributed by atoms with Gasteiger partial charge in [0, 0.05) is 95.8 Å². The van der Waals surface area contributed by atoms with Gasteiger partial charge in [0.25, 0.3) is 0 Å². The minimum absolute atomic E-state index is 1.11. The molecule has 0 saturated carbocycles. The summed E-state index contributed by atoms with van der Waals surface area (Å²) in [5.41, 5.74) is 25.7. The minimum Gasteiger partial charge on any atom is -0.309 e. The van der Waals surface area contributed by atoms with Gasteiger partial charge in [0.15, 0.2) is 0 Å². The van der Waals surface area contributed by atoms with Gasteiger partial charge in [-0.15, -0.1) is 22.7 Å². The summed E-state index contributed by atoms with van der Waals surface area (Å²) in [6, 6.07) is 131. The summed E-state index contributed by atoms with van der Waals surface area (Å²) in [5.74, 6) is 0. The molecule has 16 aromatic carbocycles. The molecule has 6 heteroatoms. The Bertz CT molecular complexity index is 7240. The van der Waals surface area contributed by atoms with Crippen molar-refractivity contribution >= 4 is 150 Å². The summed E-state index contributed by atoms with van der Waals surface area (Å²) >= 11 is 3.75. The standard InChI is InChI=1S/C96H58N4S2/c1-3-20-59(21-4-1)63-24-17-25-64(52-63)65-26-18-27-69(54-65)97-83-46-44-66(57-79(83)95-86(97)48-47-84-93(95)75-30-7-12-34-80(75)98(84)70-45-51-91-78(58-70)73-29-11-15-38-89(73)101-91)61-40-42-62(43-41-61)68-53-67(60-22-5-2-6-23-60)55-71(56-68)99-81-35-13-8-31-76(81)92-85(99)49-50-87-94(92)77-32-9-14-36-82(77)100(87)88-37-19-33-74-72-28-10-16-39-90(72)102-96(74)88/h1-58H. The third-order valence-corrected chi connectivity index (χ3v) is 23.9. The molecule has 102 heavy (non-hydrogen) atoms. The normalized spacial score (nSPS) is 12.1. The first-order valence-electron chi connectivity index (χ1n) is 34.9. The highest BCUT2D eigenvalue weighted by Gasteiger charge is 2.26. The molecule has 6 aromatic heterocycles. The van der Waals surface area contributed by atoms with Crippen LogP contribution in [-0.2, 0) is 0 Å². The van der Waals surface area contributed by atoms with Crippen LogP contribution in [0.25, 0.3) is 206 Å². The average molecular weight is 1330 g/mol. The summed E-state index contributed by atoms with van der Waals surface area (Å²) in [6.07, 6.45) is 0. The number of hydrogen-bond donors (Lipinski definition) is 0. The molecule has 0 saturated heterocycles. The second kappa shape index (κ2) is 22.3. The van der Waals surface area contributed by atoms with Crippen LogP contribution in [0.2, 0.25) is 0 Å². The summed E-state index contributed by atoms with van der Waals surface area (Å²) in [4.78, 5) is 0. The molecule has 0 N–H and O–H groups in total. The molecule has 22 rings (SSSR count). The zero-order valence-electron chi connectivity index (χ0n) is 55.1. The van der Waals surface area contributed by atoms with Crippen molar-refractivity contribution < 1.29 is 0 Å². The molecule has 0 atom stereocenters. The van der Waals surface area contributed by atoms with Gasteiger partial charge in [-0.25, -0.2) is 0 Å². The van der Waals surface area contributed by atoms with Crippen LogP contribution in [0.15, 0.2) is 352 Å². The van der Waals surface area contributed by atoms with Crippen LogP contribution in [0.3, 0.4) is 0 Å². The van der Waals surface area contributed by atoms with E-state index in [1.54, 1.807) is 0 Å². The smallest absolute Gasteiger partial charge is 0.0640 e. The predicted molar refractivity (Wildman–Crippen MR) is 437 cm³/mol. The molecule has 0 aliphatic carbocycles. The monoisotopic (exact) mass is 1330 g/mol. The first-order chi connectivity index (χ1) is 50.6. The van der Waals surface area contributed by atoms with Crippen LogP contribution >= 0.6 is 22.7 Å². The van der Waals surface area contributed by atoms with E-state index < -0.39 is 0 Å². The number of benzene rings is 16. The van der Waals surface area contributed by atoms with E-state index in [1.807, 2.05) is 22.7 Å². The predicted octanol–water partition coefficient (Wildman–Crippen LogP) is 27.1. The van der Waals surface area contributed by atoms with Crippen molar-refractivity contribution in [3.05, 3.63) is 352 Å². The summed E-state index contributed by atoms with van der Waals surface area (Å²) in [6.45, 7) is 0. The Labute approximate surface area is 594 Å². The lowest BCUT2D eigenvalue weighted by molar-refractivity contribution is 1.17. The largest absolute Gasteiger partial charge is 0.309 e. The van der Waals surface area contributed by atoms with E-state index in [4.69, 9.17) is 0 Å². The van der Waals surface area contributed by atoms with Crippen molar-refractivity contribution in [1.29, 1.82) is 0 Å². The molecule has 6 heterocycles. The molecule has 0 radical (unpaired) electrons. The molecule has 22 aromatic rings. The zero-order chi connectivity index (χ0) is 66.7. The molecule has 0 aliphatic heterocycles. The van der Waals surface area contributed by atoms with E-state index in [2.05, 4.69) is 370 Å². The highest BCUT2D eigenvalue weighted by Crippen LogP contribution is 2.49. The second-order valence-corrected chi connectivity index (χ2v) is 29.2. The van der Waals surface area contributed by atoms with Gasteiger partial charge in [0.1, 0.15) is 0 Å². The van der Waals surface area contributed by atoms with E-state index in [-0.39, 0.29) is 0 Å². The van der Waals surface area contributed by atoms with Crippen molar-refractivity contribution in [2.75, 3.05) is 0 Å². The quantitative estimate of drug-likeness (QED) is 0.137. The molecular weight excluding hydrogens is 1270 g/mol. The number of nitrogens with zero attached hydrogens (tertiary/aromatic N) is 4. The lowest BCUT2D eigenvalue weighted by atomic mass is 9.95. The van der Waals surface area contributed by atoms with Crippen LogP contribution in [0.1, 0.15) is 0 Å². The first kappa shape index (κ1) is 57.1. The molecule has 0 amide bonds. The Morgan fingerprint density at radius 1 is 0.167 bits per heavy atom. The number of fused-ring (bicyclic) bond motifs is 20. The maximum absolute atomic E-state index is 2.52. The Morgan fingerprint density at radius 2 is 0.529 bits per heavy atom. The Morgan fingerprint density at radius 3 is 1.16 bits per heavy atom. The van der Waals surface area contributed by atoms with Crippen LogP contribution in [0.5, 0.6) is 0 Å². The maximum atomic E-state index is 2.52. The summed E-state index contributed by atoms with van der Waals surface area (Å²) in [7, 11) is 0. The highest BCUT2D eigenvalue weighted by molar-refractivity contribution is 7.26. The van der Waals surface area contributed by atoms with Gasteiger partial charge in [-0.2, -0.15) is 0 Å². The fraction of sp³-hybridized carbons (Fsp3) is 0. The van der Waals surface area contributed by atoms with E-state index in [0.29, 0.717) is 0 Å². The van der Waals surface area contributed by atoms with E-state index in [1.165, 1.54) is 150 Å². The number of rotatable bonds is 9. The molecule has 4 nitrogen and oxygen atoms in total. The van der Waals surface area contributed by atoms with Crippen molar-refractivity contribution in [3.63, 3.8) is 0 Å². The lowest BCUT2D eigenvalue weighted by Gasteiger charge is -2.15. The van der Waals surface area contributed by atoms with Gasteiger partial charge < -0.3 is 18.3 Å². The number of para-hydroxylation sites is 3. The summed E-state index contributed by atoms with van der Waals surface area (Å²) in [5, 5.41) is 15.1. The SMILES string of the molecule is c1ccc(-c2cccc(-c3cccc(-n4c5ccc(-c6ccc(-c7cc(-c8ccccc8)cc(-n8c9ccccc9c9c%10c%11ccccc%11n(-c%11cccc%12c%11sc%11ccccc%11%12)c%10ccc98)c7)cc6)cc5c5c6c7ccccc7n(-c7ccc8sc9ccccc9c8c7)c6ccc54)c3)c2)cc1. The fourth-order valence-corrected chi connectivity index (χ4v) is 19.3. The third kappa shape index (κ3) is 8.61. The van der Waals surface area contributed by atoms with E-state index in [9.17, 15) is 0 Å². The van der Waals surface area contributed by atoms with E-state index in [0.717, 1.165) is 55.9 Å². The lowest BCUT2D eigenvalue weighted by Crippen LogP contribution is -1.96. The van der Waals surface area contributed by atoms with Crippen LogP contribution in [0, 0.1) is 0 Å². The van der Waals surface area contributed by atoms with Gasteiger partial charge >= 0.3 is 0 Å². The van der Waals surface area contributed by atoms with Crippen molar-refractivity contribution in [1.82, 2.24) is 18.3 Å². The molecule has 0 bridgehead atoms. The molecule has 0 unspecified atom stereocenters. The molecule has 0 spiro atoms. The van der Waals surface area contributed by atoms with Gasteiger partial charge in [0.05, 0.1) is 54.5 Å². The van der Waals surface area contributed by atoms with Crippen molar-refractivity contribution in [2.24, 2.45) is 0 Å². The van der Waals surface area contributed by atoms with Crippen molar-refractivity contribution in [3.8, 4) is 78.4 Å². The van der Waals surface area contributed by atoms with Crippen molar-refractivity contribution in [2.45, 2.75) is 0 Å². The van der Waals surface area contributed by atoms with Gasteiger partial charge in [0.2, 0.25) is 0 Å². The first-order valence-corrected chi connectivity index (χ1v) is 36.6. The molecule has 0 fully saturated rings. The Balaban J connectivity index is 0.711. The molecule has 0 aliphatic rings. The maximum Gasteiger partial charge on any atom is 0.0640 e. The number of hydrogen-bond acceptors (Lipinski definition) is 2. The number of thiophene rings is 2. The Hall–Kier alpha value is -12.8. The van der Waals surface area contributed by atoms with Gasteiger partial charge in [-0.1, -0.05) is 224 Å². The summed E-state index contributed by atoms with van der Waals surface area (Å²) < 4.78 is 15.2. The Kier molecular flexibility index (Phi) is 12.5. The average Bonchev–Trinajstić information content (AvgIpc) is 1.55.